The predicted octanol–water partition coefficient (Wildman–Crippen LogP) is 3.33. The fourth-order valence-electron chi connectivity index (χ4n) is 2.03. The summed E-state index contributed by atoms with van der Waals surface area (Å²) in [5.74, 6) is -0.487. The van der Waals surface area contributed by atoms with Crippen molar-refractivity contribution in [2.24, 2.45) is 5.73 Å². The van der Waals surface area contributed by atoms with Crippen LogP contribution in [0, 0.1) is 6.92 Å². The topological polar surface area (TPSA) is 55.1 Å². The molecule has 1 unspecified atom stereocenters. The Morgan fingerprint density at radius 2 is 1.95 bits per heavy atom. The van der Waals surface area contributed by atoms with Gasteiger partial charge in [-0.1, -0.05) is 48.0 Å². The molecule has 2 aromatic carbocycles. The molecule has 0 aliphatic carbocycles. The number of rotatable bonds is 4. The van der Waals surface area contributed by atoms with Crippen molar-refractivity contribution in [1.29, 1.82) is 0 Å². The number of hydrogen-bond acceptors (Lipinski definition) is 2. The van der Waals surface area contributed by atoms with E-state index in [1.807, 2.05) is 43.3 Å². The van der Waals surface area contributed by atoms with Crippen molar-refractivity contribution in [2.75, 3.05) is 11.9 Å². The van der Waals surface area contributed by atoms with Gasteiger partial charge in [-0.05, 0) is 30.2 Å². The zero-order chi connectivity index (χ0) is 14.5. The van der Waals surface area contributed by atoms with Gasteiger partial charge in [-0.15, -0.1) is 0 Å². The Morgan fingerprint density at radius 1 is 1.25 bits per heavy atom. The van der Waals surface area contributed by atoms with Gasteiger partial charge in [0.05, 0.1) is 5.92 Å². The number of nitrogens with one attached hydrogen (secondary N) is 1. The van der Waals surface area contributed by atoms with Gasteiger partial charge in [0.1, 0.15) is 0 Å². The minimum Gasteiger partial charge on any atom is -0.329 e. The molecule has 0 aliphatic rings. The summed E-state index contributed by atoms with van der Waals surface area (Å²) in [5.41, 5.74) is 8.33. The molecule has 1 atom stereocenters. The second-order valence-corrected chi connectivity index (χ2v) is 5.08. The van der Waals surface area contributed by atoms with Crippen molar-refractivity contribution >= 4 is 23.2 Å². The van der Waals surface area contributed by atoms with Gasteiger partial charge in [-0.2, -0.15) is 0 Å². The highest BCUT2D eigenvalue weighted by Gasteiger charge is 2.19. The van der Waals surface area contributed by atoms with Crippen LogP contribution < -0.4 is 11.1 Å². The van der Waals surface area contributed by atoms with Crippen LogP contribution in [0.5, 0.6) is 0 Å². The zero-order valence-electron chi connectivity index (χ0n) is 11.3. The Morgan fingerprint density at radius 3 is 2.60 bits per heavy atom. The molecule has 2 aromatic rings. The van der Waals surface area contributed by atoms with Crippen LogP contribution >= 0.6 is 11.6 Å². The fraction of sp³-hybridized carbons (Fsp3) is 0.188. The SMILES string of the molecule is Cc1ccc(Cl)cc1NC(=O)C(CN)c1ccccc1. The molecule has 3 N–H and O–H groups in total. The number of nitrogens with two attached hydrogens (primary N) is 1. The number of anilines is 1. The summed E-state index contributed by atoms with van der Waals surface area (Å²) in [5, 5.41) is 3.49. The quantitative estimate of drug-likeness (QED) is 0.907. The van der Waals surface area contributed by atoms with Crippen LogP contribution in [0.2, 0.25) is 5.02 Å². The zero-order valence-corrected chi connectivity index (χ0v) is 12.0. The molecule has 2 rings (SSSR count). The molecule has 104 valence electrons. The summed E-state index contributed by atoms with van der Waals surface area (Å²) in [7, 11) is 0. The number of carbonyl (C=O) groups excluding carboxylic acids is 1. The largest absolute Gasteiger partial charge is 0.329 e. The first kappa shape index (κ1) is 14.6. The third-order valence-electron chi connectivity index (χ3n) is 3.21. The van der Waals surface area contributed by atoms with Gasteiger partial charge in [-0.25, -0.2) is 0 Å². The maximum absolute atomic E-state index is 12.4. The number of halogens is 1. The molecule has 0 bridgehead atoms. The predicted molar refractivity (Wildman–Crippen MR) is 83.1 cm³/mol. The van der Waals surface area contributed by atoms with Gasteiger partial charge in [0.15, 0.2) is 0 Å². The maximum Gasteiger partial charge on any atom is 0.233 e. The van der Waals surface area contributed by atoms with E-state index >= 15 is 0 Å². The highest BCUT2D eigenvalue weighted by molar-refractivity contribution is 6.31. The van der Waals surface area contributed by atoms with E-state index in [2.05, 4.69) is 5.32 Å². The lowest BCUT2D eigenvalue weighted by Crippen LogP contribution is -2.27. The van der Waals surface area contributed by atoms with Crippen molar-refractivity contribution in [1.82, 2.24) is 0 Å². The summed E-state index contributed by atoms with van der Waals surface area (Å²) in [4.78, 5) is 12.4. The Bertz CT molecular complexity index is 599. The Balaban J connectivity index is 2.20. The molecule has 0 aliphatic heterocycles. The number of hydrogen-bond donors (Lipinski definition) is 2. The van der Waals surface area contributed by atoms with E-state index in [9.17, 15) is 4.79 Å². The first-order valence-electron chi connectivity index (χ1n) is 6.44. The molecule has 0 saturated heterocycles. The smallest absolute Gasteiger partial charge is 0.233 e. The summed E-state index contributed by atoms with van der Waals surface area (Å²) in [6.45, 7) is 2.18. The maximum atomic E-state index is 12.4. The number of benzene rings is 2. The van der Waals surface area contributed by atoms with Crippen LogP contribution in [-0.2, 0) is 4.79 Å². The summed E-state index contributed by atoms with van der Waals surface area (Å²) < 4.78 is 0. The minimum absolute atomic E-state index is 0.121. The Labute approximate surface area is 123 Å². The molecule has 3 nitrogen and oxygen atoms in total. The van der Waals surface area contributed by atoms with Gasteiger partial charge in [-0.3, -0.25) is 4.79 Å². The van der Waals surface area contributed by atoms with Crippen molar-refractivity contribution in [3.05, 3.63) is 64.7 Å². The average Bonchev–Trinajstić information content (AvgIpc) is 2.45. The molecule has 4 heteroatoms. The first-order chi connectivity index (χ1) is 9.61. The normalized spacial score (nSPS) is 11.9. The molecule has 0 spiro atoms. The lowest BCUT2D eigenvalue weighted by molar-refractivity contribution is -0.117. The van der Waals surface area contributed by atoms with E-state index in [1.54, 1.807) is 12.1 Å². The van der Waals surface area contributed by atoms with Crippen LogP contribution in [0.1, 0.15) is 17.0 Å². The van der Waals surface area contributed by atoms with Crippen molar-refractivity contribution in [3.63, 3.8) is 0 Å². The molecular formula is C16H17ClN2O. The van der Waals surface area contributed by atoms with E-state index in [1.165, 1.54) is 0 Å². The Kier molecular flexibility index (Phi) is 4.77. The minimum atomic E-state index is -0.366. The van der Waals surface area contributed by atoms with Crippen molar-refractivity contribution < 1.29 is 4.79 Å². The van der Waals surface area contributed by atoms with E-state index in [0.29, 0.717) is 5.02 Å². The molecule has 1 amide bonds. The van der Waals surface area contributed by atoms with Crippen molar-refractivity contribution in [3.8, 4) is 0 Å². The third-order valence-corrected chi connectivity index (χ3v) is 3.45. The Hall–Kier alpha value is -1.84. The molecule has 0 heterocycles. The summed E-state index contributed by atoms with van der Waals surface area (Å²) in [6, 6.07) is 14.9. The standard InChI is InChI=1S/C16H17ClN2O/c1-11-7-8-13(17)9-15(11)19-16(20)14(10-18)12-5-3-2-4-6-12/h2-9,14H,10,18H2,1H3,(H,19,20). The molecule has 0 aromatic heterocycles. The van der Waals surface area contributed by atoms with Crippen LogP contribution in [0.25, 0.3) is 0 Å². The second kappa shape index (κ2) is 6.55. The van der Waals surface area contributed by atoms with Gasteiger partial charge >= 0.3 is 0 Å². The molecular weight excluding hydrogens is 272 g/mol. The number of amides is 1. The van der Waals surface area contributed by atoms with Gasteiger partial charge in [0.25, 0.3) is 0 Å². The van der Waals surface area contributed by atoms with Crippen LogP contribution in [0.4, 0.5) is 5.69 Å². The number of carbonyl (C=O) groups is 1. The second-order valence-electron chi connectivity index (χ2n) is 4.65. The average molecular weight is 289 g/mol. The summed E-state index contributed by atoms with van der Waals surface area (Å²) >= 11 is 5.95. The molecule has 0 radical (unpaired) electrons. The third kappa shape index (κ3) is 3.38. The van der Waals surface area contributed by atoms with Gasteiger partial charge < -0.3 is 11.1 Å². The van der Waals surface area contributed by atoms with Crippen LogP contribution in [0.15, 0.2) is 48.5 Å². The van der Waals surface area contributed by atoms with E-state index in [0.717, 1.165) is 16.8 Å². The van der Waals surface area contributed by atoms with Crippen LogP contribution in [0.3, 0.4) is 0 Å². The number of aryl methyl sites for hydroxylation is 1. The van der Waals surface area contributed by atoms with Gasteiger partial charge in [0.2, 0.25) is 5.91 Å². The van der Waals surface area contributed by atoms with E-state index < -0.39 is 0 Å². The lowest BCUT2D eigenvalue weighted by Gasteiger charge is -2.16. The van der Waals surface area contributed by atoms with Crippen molar-refractivity contribution in [2.45, 2.75) is 12.8 Å². The highest BCUT2D eigenvalue weighted by Crippen LogP contribution is 2.22. The monoisotopic (exact) mass is 288 g/mol. The fourth-order valence-corrected chi connectivity index (χ4v) is 2.20. The first-order valence-corrected chi connectivity index (χ1v) is 6.81. The van der Waals surface area contributed by atoms with E-state index in [-0.39, 0.29) is 18.4 Å². The molecule has 0 fully saturated rings. The highest BCUT2D eigenvalue weighted by atomic mass is 35.5. The van der Waals surface area contributed by atoms with Gasteiger partial charge in [0, 0.05) is 17.3 Å². The summed E-state index contributed by atoms with van der Waals surface area (Å²) in [6.07, 6.45) is 0. The molecule has 20 heavy (non-hydrogen) atoms. The molecule has 0 saturated carbocycles. The van der Waals surface area contributed by atoms with Crippen LogP contribution in [-0.4, -0.2) is 12.5 Å². The lowest BCUT2D eigenvalue weighted by atomic mass is 9.98. The van der Waals surface area contributed by atoms with E-state index in [4.69, 9.17) is 17.3 Å².